The lowest BCUT2D eigenvalue weighted by molar-refractivity contribution is -0.384. The lowest BCUT2D eigenvalue weighted by Crippen LogP contribution is -2.47. The van der Waals surface area contributed by atoms with E-state index >= 15 is 0 Å². The Balaban J connectivity index is 1.55. The normalized spacial score (nSPS) is 14.5. The zero-order valence-electron chi connectivity index (χ0n) is 19.8. The van der Waals surface area contributed by atoms with Crippen LogP contribution in [-0.4, -0.2) is 42.0 Å². The number of hydrogen-bond donors (Lipinski definition) is 0. The van der Waals surface area contributed by atoms with Crippen molar-refractivity contribution in [1.29, 1.82) is 0 Å². The van der Waals surface area contributed by atoms with Crippen LogP contribution in [0.2, 0.25) is 5.02 Å². The predicted octanol–water partition coefficient (Wildman–Crippen LogP) is 5.88. The number of para-hydroxylation sites is 1. The molecular formula is C27H28ClN3O4. The number of carbonyl (C=O) groups is 1. The number of nitro benzene ring substituents is 1. The molecule has 1 heterocycles. The van der Waals surface area contributed by atoms with E-state index in [-0.39, 0.29) is 17.6 Å². The first-order chi connectivity index (χ1) is 16.9. The summed E-state index contributed by atoms with van der Waals surface area (Å²) < 4.78 is 5.47. The van der Waals surface area contributed by atoms with Gasteiger partial charge in [-0.2, -0.15) is 0 Å². The molecule has 4 rings (SSSR count). The first-order valence-corrected chi connectivity index (χ1v) is 11.9. The summed E-state index contributed by atoms with van der Waals surface area (Å²) in [6, 6.07) is 19.8. The van der Waals surface area contributed by atoms with Gasteiger partial charge in [-0.15, -0.1) is 0 Å². The van der Waals surface area contributed by atoms with Gasteiger partial charge in [-0.3, -0.25) is 19.8 Å². The van der Waals surface area contributed by atoms with Crippen LogP contribution in [0.3, 0.4) is 0 Å². The molecule has 8 heteroatoms. The minimum absolute atomic E-state index is 0.00560. The van der Waals surface area contributed by atoms with E-state index in [1.54, 1.807) is 31.4 Å². The molecule has 0 saturated carbocycles. The fraction of sp³-hybridized carbons (Fsp3) is 0.296. The van der Waals surface area contributed by atoms with E-state index in [0.29, 0.717) is 22.9 Å². The highest BCUT2D eigenvalue weighted by molar-refractivity contribution is 6.31. The molecule has 0 unspecified atom stereocenters. The molecule has 1 amide bonds. The van der Waals surface area contributed by atoms with Gasteiger partial charge in [0.05, 0.1) is 17.6 Å². The van der Waals surface area contributed by atoms with E-state index in [1.807, 2.05) is 48.2 Å². The van der Waals surface area contributed by atoms with Crippen LogP contribution in [0.5, 0.6) is 5.75 Å². The summed E-state index contributed by atoms with van der Waals surface area (Å²) in [5.74, 6) is 0.459. The number of rotatable bonds is 7. The molecule has 3 aromatic rings. The Morgan fingerprint density at radius 2 is 1.86 bits per heavy atom. The van der Waals surface area contributed by atoms with Gasteiger partial charge in [0.2, 0.25) is 0 Å². The average Bonchev–Trinajstić information content (AvgIpc) is 2.86. The van der Waals surface area contributed by atoms with E-state index < -0.39 is 4.92 Å². The fourth-order valence-electron chi connectivity index (χ4n) is 4.60. The van der Waals surface area contributed by atoms with Gasteiger partial charge in [0.1, 0.15) is 5.75 Å². The molecule has 0 atom stereocenters. The maximum Gasteiger partial charge on any atom is 0.269 e. The Kier molecular flexibility index (Phi) is 7.68. The van der Waals surface area contributed by atoms with Crippen molar-refractivity contribution in [3.05, 3.63) is 98.6 Å². The Labute approximate surface area is 210 Å². The minimum Gasteiger partial charge on any atom is -0.496 e. The second-order valence-electron chi connectivity index (χ2n) is 8.75. The summed E-state index contributed by atoms with van der Waals surface area (Å²) in [6.45, 7) is 4.02. The van der Waals surface area contributed by atoms with Gasteiger partial charge in [-0.05, 0) is 61.2 Å². The number of amides is 1. The number of aryl methyl sites for hydroxylation is 1. The first kappa shape index (κ1) is 24.7. The van der Waals surface area contributed by atoms with Crippen LogP contribution in [0.1, 0.15) is 34.3 Å². The van der Waals surface area contributed by atoms with Crippen molar-refractivity contribution in [2.75, 3.05) is 25.1 Å². The number of nitrogens with zero attached hydrogens (tertiary/aromatic N) is 3. The Hall–Kier alpha value is -3.42. The fourth-order valence-corrected chi connectivity index (χ4v) is 4.77. The second kappa shape index (κ2) is 10.9. The molecule has 1 fully saturated rings. The number of non-ortho nitro benzene ring substituents is 1. The second-order valence-corrected chi connectivity index (χ2v) is 9.16. The highest BCUT2D eigenvalue weighted by atomic mass is 35.5. The Morgan fingerprint density at radius 3 is 2.54 bits per heavy atom. The van der Waals surface area contributed by atoms with E-state index in [0.717, 1.165) is 42.7 Å². The molecule has 1 aliphatic heterocycles. The number of methoxy groups -OCH3 is 1. The summed E-state index contributed by atoms with van der Waals surface area (Å²) in [6.07, 6.45) is 1.53. The van der Waals surface area contributed by atoms with Gasteiger partial charge >= 0.3 is 0 Å². The molecule has 182 valence electrons. The van der Waals surface area contributed by atoms with Crippen molar-refractivity contribution >= 4 is 28.9 Å². The van der Waals surface area contributed by atoms with E-state index in [1.165, 1.54) is 6.07 Å². The van der Waals surface area contributed by atoms with Crippen molar-refractivity contribution in [1.82, 2.24) is 4.90 Å². The van der Waals surface area contributed by atoms with Crippen LogP contribution in [0.15, 0.2) is 66.7 Å². The lowest BCUT2D eigenvalue weighted by atomic mass is 9.99. The number of likely N-dealkylation sites (tertiary alicyclic amines) is 1. The van der Waals surface area contributed by atoms with E-state index in [2.05, 4.69) is 4.90 Å². The Bertz CT molecular complexity index is 1220. The molecule has 3 aromatic carbocycles. The molecule has 1 saturated heterocycles. The van der Waals surface area contributed by atoms with Crippen molar-refractivity contribution in [3.63, 3.8) is 0 Å². The van der Waals surface area contributed by atoms with Gasteiger partial charge in [-0.25, -0.2) is 0 Å². The number of hydrogen-bond acceptors (Lipinski definition) is 5. The van der Waals surface area contributed by atoms with Crippen LogP contribution >= 0.6 is 11.6 Å². The highest BCUT2D eigenvalue weighted by Crippen LogP contribution is 2.31. The third-order valence-electron chi connectivity index (χ3n) is 6.39. The maximum absolute atomic E-state index is 13.8. The SMILES string of the molecule is COc1ccccc1C(=O)N(c1cccc(C)c1)C1CCN(Cc2cc([N+](=O)[O-])ccc2Cl)CC1. The molecule has 0 radical (unpaired) electrons. The van der Waals surface area contributed by atoms with Crippen LogP contribution in [0.25, 0.3) is 0 Å². The number of halogens is 1. The Morgan fingerprint density at radius 1 is 1.11 bits per heavy atom. The summed E-state index contributed by atoms with van der Waals surface area (Å²) in [7, 11) is 1.57. The summed E-state index contributed by atoms with van der Waals surface area (Å²) in [5.41, 5.74) is 3.24. The van der Waals surface area contributed by atoms with Crippen molar-refractivity contribution in [3.8, 4) is 5.75 Å². The summed E-state index contributed by atoms with van der Waals surface area (Å²) in [4.78, 5) is 28.7. The van der Waals surface area contributed by atoms with Gasteiger partial charge in [-0.1, -0.05) is 35.9 Å². The number of nitro groups is 1. The van der Waals surface area contributed by atoms with Gasteiger partial charge in [0.25, 0.3) is 11.6 Å². The molecule has 1 aliphatic rings. The number of benzene rings is 3. The third kappa shape index (κ3) is 5.63. The maximum atomic E-state index is 13.8. The molecular weight excluding hydrogens is 466 g/mol. The first-order valence-electron chi connectivity index (χ1n) is 11.6. The van der Waals surface area contributed by atoms with Crippen LogP contribution < -0.4 is 9.64 Å². The predicted molar refractivity (Wildman–Crippen MR) is 137 cm³/mol. The molecule has 0 bridgehead atoms. The van der Waals surface area contributed by atoms with E-state index in [9.17, 15) is 14.9 Å². The van der Waals surface area contributed by atoms with Gasteiger partial charge < -0.3 is 9.64 Å². The average molecular weight is 494 g/mol. The molecule has 35 heavy (non-hydrogen) atoms. The standard InChI is InChI=1S/C27H28ClN3O4/c1-19-6-5-7-22(16-19)30(27(32)24-8-3-4-9-26(24)35-2)21-12-14-29(15-13-21)18-20-17-23(31(33)34)10-11-25(20)28/h3-11,16-17,21H,12-15,18H2,1-2H3. The number of anilines is 1. The summed E-state index contributed by atoms with van der Waals surface area (Å²) in [5, 5.41) is 11.7. The highest BCUT2D eigenvalue weighted by Gasteiger charge is 2.31. The molecule has 0 N–H and O–H groups in total. The largest absolute Gasteiger partial charge is 0.496 e. The van der Waals surface area contributed by atoms with Gasteiger partial charge in [0.15, 0.2) is 0 Å². The number of carbonyl (C=O) groups excluding carboxylic acids is 1. The summed E-state index contributed by atoms with van der Waals surface area (Å²) >= 11 is 6.32. The smallest absolute Gasteiger partial charge is 0.269 e. The van der Waals surface area contributed by atoms with Crippen LogP contribution in [0.4, 0.5) is 11.4 Å². The zero-order valence-corrected chi connectivity index (χ0v) is 20.6. The zero-order chi connectivity index (χ0) is 24.9. The third-order valence-corrected chi connectivity index (χ3v) is 6.76. The van der Waals surface area contributed by atoms with Crippen molar-refractivity contribution < 1.29 is 14.5 Å². The lowest BCUT2D eigenvalue weighted by Gasteiger charge is -2.39. The number of ether oxygens (including phenoxy) is 1. The van der Waals surface area contributed by atoms with Crippen molar-refractivity contribution in [2.45, 2.75) is 32.4 Å². The van der Waals surface area contributed by atoms with Gasteiger partial charge in [0, 0.05) is 48.5 Å². The minimum atomic E-state index is -0.407. The number of piperidine rings is 1. The van der Waals surface area contributed by atoms with E-state index in [4.69, 9.17) is 16.3 Å². The van der Waals surface area contributed by atoms with Crippen LogP contribution in [-0.2, 0) is 6.54 Å². The molecule has 0 aromatic heterocycles. The molecule has 7 nitrogen and oxygen atoms in total. The quantitative estimate of drug-likeness (QED) is 0.303. The molecule has 0 aliphatic carbocycles. The van der Waals surface area contributed by atoms with Crippen LogP contribution in [0, 0.1) is 17.0 Å². The molecule has 0 spiro atoms. The van der Waals surface area contributed by atoms with Crippen molar-refractivity contribution in [2.24, 2.45) is 0 Å². The monoisotopic (exact) mass is 493 g/mol. The topological polar surface area (TPSA) is 75.9 Å².